The molecule has 0 radical (unpaired) electrons. The molecule has 0 amide bonds. The molecule has 4 fully saturated rings. The molecule has 4 atom stereocenters. The molecule has 3 saturated carbocycles. The van der Waals surface area contributed by atoms with Crippen LogP contribution in [0.2, 0.25) is 0 Å². The van der Waals surface area contributed by atoms with Crippen LogP contribution in [0.15, 0.2) is 0 Å². The predicted molar refractivity (Wildman–Crippen MR) is 61.7 cm³/mol. The second-order valence-corrected chi connectivity index (χ2v) is 6.34. The van der Waals surface area contributed by atoms with Gasteiger partial charge in [0.15, 0.2) is 0 Å². The topological polar surface area (TPSA) is 27.7 Å². The molecule has 1 aliphatic heterocycles. The molecule has 4 aliphatic rings. The van der Waals surface area contributed by atoms with Crippen molar-refractivity contribution in [2.24, 2.45) is 17.3 Å². The summed E-state index contributed by atoms with van der Waals surface area (Å²) in [4.78, 5) is 0. The van der Waals surface area contributed by atoms with Crippen molar-refractivity contribution in [3.63, 3.8) is 0 Å². The highest BCUT2D eigenvalue weighted by Crippen LogP contribution is 2.61. The van der Waals surface area contributed by atoms with E-state index < -0.39 is 7.32 Å². The van der Waals surface area contributed by atoms with Gasteiger partial charge in [0.1, 0.15) is 0 Å². The zero-order chi connectivity index (χ0) is 11.5. The number of rotatable bonds is 2. The van der Waals surface area contributed by atoms with Crippen molar-refractivity contribution in [3.05, 3.63) is 0 Å². The fraction of sp³-hybridized carbons (Fsp3) is 1.00. The van der Waals surface area contributed by atoms with Gasteiger partial charge in [0.2, 0.25) is 0 Å². The second-order valence-electron chi connectivity index (χ2n) is 6.34. The summed E-state index contributed by atoms with van der Waals surface area (Å²) in [7, 11) is -0.426. The summed E-state index contributed by atoms with van der Waals surface area (Å²) in [5, 5.41) is 0. The fourth-order valence-corrected chi connectivity index (χ4v) is 3.59. The third kappa shape index (κ3) is 1.46. The van der Waals surface area contributed by atoms with Gasteiger partial charge in [-0.1, -0.05) is 13.8 Å². The highest BCUT2D eigenvalue weighted by Gasteiger charge is 2.62. The van der Waals surface area contributed by atoms with Crippen LogP contribution in [-0.2, 0) is 14.0 Å². The molecule has 0 aromatic rings. The molecule has 1 heterocycles. The molecule has 3 aliphatic carbocycles. The maximum Gasteiger partial charge on any atom is 0.640 e. The minimum Gasteiger partial charge on any atom is -0.384 e. The summed E-state index contributed by atoms with van der Waals surface area (Å²) in [5.41, 5.74) is 0.442. The lowest BCUT2D eigenvalue weighted by Crippen LogP contribution is -2.59. The van der Waals surface area contributed by atoms with Crippen LogP contribution in [0.3, 0.4) is 0 Å². The molecule has 90 valence electrons. The molecule has 0 unspecified atom stereocenters. The Balaban J connectivity index is 1.68. The van der Waals surface area contributed by atoms with Crippen LogP contribution < -0.4 is 0 Å². The van der Waals surface area contributed by atoms with Crippen LogP contribution in [0.25, 0.3) is 0 Å². The molecule has 3 nitrogen and oxygen atoms in total. The van der Waals surface area contributed by atoms with Gasteiger partial charge >= 0.3 is 7.32 Å². The van der Waals surface area contributed by atoms with E-state index in [-0.39, 0.29) is 18.3 Å². The Morgan fingerprint density at radius 3 is 2.62 bits per heavy atom. The first-order valence-electron chi connectivity index (χ1n) is 6.45. The largest absolute Gasteiger partial charge is 0.640 e. The Labute approximate surface area is 98.0 Å². The molecule has 4 rings (SSSR count). The highest BCUT2D eigenvalue weighted by molar-refractivity contribution is 6.37. The SMILES string of the molecule is CC(C)OB1O[C@H]2[C@H]3C[C@@H](C[C@H]2O1)C3(C)C. The van der Waals surface area contributed by atoms with Gasteiger partial charge in [-0.25, -0.2) is 0 Å². The van der Waals surface area contributed by atoms with Crippen molar-refractivity contribution >= 4 is 7.32 Å². The van der Waals surface area contributed by atoms with Gasteiger partial charge in [-0.2, -0.15) is 0 Å². The van der Waals surface area contributed by atoms with Crippen LogP contribution in [0.5, 0.6) is 0 Å². The minimum atomic E-state index is -0.426. The van der Waals surface area contributed by atoms with Crippen LogP contribution in [0.4, 0.5) is 0 Å². The van der Waals surface area contributed by atoms with Gasteiger partial charge in [-0.3, -0.25) is 0 Å². The van der Waals surface area contributed by atoms with E-state index >= 15 is 0 Å². The van der Waals surface area contributed by atoms with Crippen molar-refractivity contribution in [1.82, 2.24) is 0 Å². The summed E-state index contributed by atoms with van der Waals surface area (Å²) in [5.74, 6) is 1.48. The fourth-order valence-electron chi connectivity index (χ4n) is 3.59. The third-order valence-corrected chi connectivity index (χ3v) is 4.76. The monoisotopic (exact) mass is 224 g/mol. The Bertz CT molecular complexity index is 292. The van der Waals surface area contributed by atoms with Gasteiger partial charge in [0, 0.05) is 6.10 Å². The molecule has 1 saturated heterocycles. The lowest BCUT2D eigenvalue weighted by molar-refractivity contribution is -0.150. The average molecular weight is 224 g/mol. The lowest BCUT2D eigenvalue weighted by Gasteiger charge is -2.60. The first kappa shape index (κ1) is 11.1. The molecule has 2 bridgehead atoms. The summed E-state index contributed by atoms with van der Waals surface area (Å²) >= 11 is 0. The minimum absolute atomic E-state index is 0.160. The van der Waals surface area contributed by atoms with Crippen molar-refractivity contribution in [3.8, 4) is 0 Å². The molecular weight excluding hydrogens is 203 g/mol. The van der Waals surface area contributed by atoms with E-state index in [4.69, 9.17) is 14.0 Å². The van der Waals surface area contributed by atoms with Crippen molar-refractivity contribution in [2.45, 2.75) is 58.8 Å². The van der Waals surface area contributed by atoms with E-state index in [0.29, 0.717) is 11.3 Å². The summed E-state index contributed by atoms with van der Waals surface area (Å²) < 4.78 is 17.3. The van der Waals surface area contributed by atoms with Crippen LogP contribution >= 0.6 is 0 Å². The van der Waals surface area contributed by atoms with E-state index in [0.717, 1.165) is 12.3 Å². The Morgan fingerprint density at radius 2 is 2.00 bits per heavy atom. The van der Waals surface area contributed by atoms with Crippen molar-refractivity contribution in [2.75, 3.05) is 0 Å². The first-order chi connectivity index (χ1) is 7.48. The molecule has 0 aromatic carbocycles. The molecule has 0 N–H and O–H groups in total. The number of hydrogen-bond donors (Lipinski definition) is 0. The summed E-state index contributed by atoms with van der Waals surface area (Å²) in [6, 6.07) is 0. The zero-order valence-electron chi connectivity index (χ0n) is 10.6. The zero-order valence-corrected chi connectivity index (χ0v) is 10.6. The van der Waals surface area contributed by atoms with Crippen molar-refractivity contribution < 1.29 is 14.0 Å². The highest BCUT2D eigenvalue weighted by atomic mass is 16.8. The Kier molecular flexibility index (Phi) is 2.40. The molecular formula is C12H21BO3. The van der Waals surface area contributed by atoms with Gasteiger partial charge in [0.05, 0.1) is 12.2 Å². The summed E-state index contributed by atoms with van der Waals surface area (Å²) in [6.07, 6.45) is 3.16. The Hall–Kier alpha value is -0.0551. The van der Waals surface area contributed by atoms with Gasteiger partial charge in [-0.15, -0.1) is 0 Å². The maximum absolute atomic E-state index is 5.92. The smallest absolute Gasteiger partial charge is 0.384 e. The van der Waals surface area contributed by atoms with Crippen molar-refractivity contribution in [1.29, 1.82) is 0 Å². The normalized spacial score (nSPS) is 44.4. The van der Waals surface area contributed by atoms with Crippen LogP contribution in [0.1, 0.15) is 40.5 Å². The molecule has 16 heavy (non-hydrogen) atoms. The summed E-state index contributed by atoms with van der Waals surface area (Å²) in [6.45, 7) is 8.75. The number of hydrogen-bond acceptors (Lipinski definition) is 3. The quantitative estimate of drug-likeness (QED) is 0.673. The molecule has 0 aromatic heterocycles. The van der Waals surface area contributed by atoms with Crippen LogP contribution in [0, 0.1) is 17.3 Å². The predicted octanol–water partition coefficient (Wildman–Crippen LogP) is 2.25. The molecule has 4 heteroatoms. The molecule has 0 spiro atoms. The average Bonchev–Trinajstić information content (AvgIpc) is 2.57. The van der Waals surface area contributed by atoms with E-state index in [2.05, 4.69) is 13.8 Å². The van der Waals surface area contributed by atoms with Crippen LogP contribution in [-0.4, -0.2) is 25.6 Å². The van der Waals surface area contributed by atoms with E-state index in [1.165, 1.54) is 6.42 Å². The second kappa shape index (κ2) is 3.47. The lowest BCUT2D eigenvalue weighted by atomic mass is 9.47. The van der Waals surface area contributed by atoms with E-state index in [1.807, 2.05) is 13.8 Å². The Morgan fingerprint density at radius 1 is 1.25 bits per heavy atom. The van der Waals surface area contributed by atoms with Gasteiger partial charge in [0.25, 0.3) is 0 Å². The first-order valence-corrected chi connectivity index (χ1v) is 6.45. The standard InChI is InChI=1S/C12H21BO3/c1-7(2)14-13-15-10-6-8-5-9(11(10)16-13)12(8,3)4/h7-11H,5-6H2,1-4H3/t8-,9+,10+,11-/m0/s1. The maximum atomic E-state index is 5.92. The van der Waals surface area contributed by atoms with Gasteiger partial charge in [-0.05, 0) is 43.9 Å². The third-order valence-electron chi connectivity index (χ3n) is 4.76. The van der Waals surface area contributed by atoms with Gasteiger partial charge < -0.3 is 14.0 Å². The van der Waals surface area contributed by atoms with E-state index in [9.17, 15) is 0 Å². The van der Waals surface area contributed by atoms with E-state index in [1.54, 1.807) is 0 Å².